The molecule has 1 atom stereocenters. The van der Waals surface area contributed by atoms with Crippen LogP contribution in [0.4, 0.5) is 10.1 Å². The van der Waals surface area contributed by atoms with E-state index in [0.29, 0.717) is 6.42 Å². The van der Waals surface area contributed by atoms with E-state index in [1.165, 1.54) is 12.1 Å². The van der Waals surface area contributed by atoms with Gasteiger partial charge in [0.15, 0.2) is 0 Å². The van der Waals surface area contributed by atoms with Gasteiger partial charge in [-0.25, -0.2) is 4.39 Å². The maximum atomic E-state index is 13.6. The Morgan fingerprint density at radius 3 is 2.81 bits per heavy atom. The number of benzene rings is 1. The highest BCUT2D eigenvalue weighted by Gasteiger charge is 2.29. The summed E-state index contributed by atoms with van der Waals surface area (Å²) in [6.45, 7) is 1.59. The van der Waals surface area contributed by atoms with Crippen molar-refractivity contribution in [1.82, 2.24) is 0 Å². The van der Waals surface area contributed by atoms with E-state index < -0.39 is 11.2 Å². The molecule has 0 bridgehead atoms. The van der Waals surface area contributed by atoms with E-state index in [1.54, 1.807) is 6.92 Å². The number of hydrogen-bond donors (Lipinski definition) is 0. The zero-order valence-corrected chi connectivity index (χ0v) is 9.46. The third-order valence-corrected chi connectivity index (χ3v) is 2.68. The number of nitroso groups, excluding NO2 is 1. The molecule has 0 spiro atoms. The van der Waals surface area contributed by atoms with Crippen LogP contribution in [0.25, 0.3) is 0 Å². The van der Waals surface area contributed by atoms with Gasteiger partial charge in [-0.15, -0.1) is 16.5 Å². The van der Waals surface area contributed by atoms with Crippen molar-refractivity contribution < 1.29 is 4.39 Å². The van der Waals surface area contributed by atoms with Gasteiger partial charge in [0, 0.05) is 11.4 Å². The maximum Gasteiger partial charge on any atom is 0.128 e. The Morgan fingerprint density at radius 1 is 1.62 bits per heavy atom. The van der Waals surface area contributed by atoms with Gasteiger partial charge in [0.2, 0.25) is 0 Å². The Balaban J connectivity index is 3.29. The number of nitrogens with zero attached hydrogens (tertiary/aromatic N) is 2. The SMILES string of the molecule is C[C@](C#N)(CCCl)c1cc(N=O)ccc1F. The summed E-state index contributed by atoms with van der Waals surface area (Å²) in [4.78, 5) is 10.4. The molecule has 0 saturated heterocycles. The van der Waals surface area contributed by atoms with Gasteiger partial charge in [0.1, 0.15) is 11.5 Å². The highest BCUT2D eigenvalue weighted by Crippen LogP contribution is 2.32. The van der Waals surface area contributed by atoms with Crippen LogP contribution in [0.15, 0.2) is 23.4 Å². The summed E-state index contributed by atoms with van der Waals surface area (Å²) in [5, 5.41) is 11.8. The first kappa shape index (κ1) is 12.6. The van der Waals surface area contributed by atoms with E-state index in [1.807, 2.05) is 6.07 Å². The molecule has 0 heterocycles. The fraction of sp³-hybridized carbons (Fsp3) is 0.364. The van der Waals surface area contributed by atoms with Crippen LogP contribution in [0, 0.1) is 22.1 Å². The Bertz CT molecular complexity index is 444. The normalized spacial score (nSPS) is 13.9. The molecule has 5 heteroatoms. The average molecular weight is 241 g/mol. The summed E-state index contributed by atoms with van der Waals surface area (Å²) in [6, 6.07) is 5.71. The molecule has 0 radical (unpaired) electrons. The molecule has 0 amide bonds. The van der Waals surface area contributed by atoms with Gasteiger partial charge in [0.05, 0.1) is 11.5 Å². The lowest BCUT2D eigenvalue weighted by molar-refractivity contribution is 0.527. The van der Waals surface area contributed by atoms with Gasteiger partial charge in [-0.1, -0.05) is 0 Å². The number of halogens is 2. The molecule has 0 unspecified atom stereocenters. The van der Waals surface area contributed by atoms with Crippen LogP contribution >= 0.6 is 11.6 Å². The van der Waals surface area contributed by atoms with Crippen molar-refractivity contribution in [2.45, 2.75) is 18.8 Å². The standard InChI is InChI=1S/C11H10ClFN2O/c1-11(7-14,4-5-12)9-6-8(15-16)2-3-10(9)13/h2-3,6H,4-5H2,1H3/t11-/m1/s1. The van der Waals surface area contributed by atoms with Crippen molar-refractivity contribution in [3.63, 3.8) is 0 Å². The van der Waals surface area contributed by atoms with E-state index in [4.69, 9.17) is 16.9 Å². The van der Waals surface area contributed by atoms with Crippen molar-refractivity contribution >= 4 is 17.3 Å². The van der Waals surface area contributed by atoms with E-state index in [9.17, 15) is 9.30 Å². The molecule has 1 aromatic rings. The van der Waals surface area contributed by atoms with Crippen molar-refractivity contribution in [3.8, 4) is 6.07 Å². The highest BCUT2D eigenvalue weighted by molar-refractivity contribution is 6.17. The summed E-state index contributed by atoms with van der Waals surface area (Å²) >= 11 is 5.58. The average Bonchev–Trinajstić information content (AvgIpc) is 2.30. The molecule has 3 nitrogen and oxygen atoms in total. The van der Waals surface area contributed by atoms with Crippen LogP contribution in [0.1, 0.15) is 18.9 Å². The second kappa shape index (κ2) is 5.04. The minimum atomic E-state index is -1.04. The molecule has 84 valence electrons. The van der Waals surface area contributed by atoms with Crippen LogP contribution in [0.5, 0.6) is 0 Å². The number of hydrogen-bond acceptors (Lipinski definition) is 3. The van der Waals surface area contributed by atoms with Crippen LogP contribution in [0.2, 0.25) is 0 Å². The highest BCUT2D eigenvalue weighted by atomic mass is 35.5. The molecule has 0 N–H and O–H groups in total. The van der Waals surface area contributed by atoms with Crippen molar-refractivity contribution in [3.05, 3.63) is 34.5 Å². The molecule has 16 heavy (non-hydrogen) atoms. The Kier molecular flexibility index (Phi) is 3.97. The first-order valence-electron chi connectivity index (χ1n) is 4.68. The van der Waals surface area contributed by atoms with Gasteiger partial charge in [-0.3, -0.25) is 0 Å². The maximum absolute atomic E-state index is 13.6. The predicted molar refractivity (Wildman–Crippen MR) is 60.2 cm³/mol. The summed E-state index contributed by atoms with van der Waals surface area (Å²) in [5.74, 6) is -0.288. The molecule has 0 aromatic heterocycles. The first-order valence-corrected chi connectivity index (χ1v) is 5.21. The summed E-state index contributed by atoms with van der Waals surface area (Å²) in [6.07, 6.45) is 0.310. The minimum absolute atomic E-state index is 0.104. The molecule has 0 aliphatic carbocycles. The Hall–Kier alpha value is -1.47. The fourth-order valence-corrected chi connectivity index (χ4v) is 1.81. The zero-order valence-electron chi connectivity index (χ0n) is 8.70. The molecule has 1 aromatic carbocycles. The van der Waals surface area contributed by atoms with Gasteiger partial charge in [-0.05, 0) is 36.7 Å². The summed E-state index contributed by atoms with van der Waals surface area (Å²) in [5.41, 5.74) is -0.771. The van der Waals surface area contributed by atoms with Crippen LogP contribution in [0.3, 0.4) is 0 Å². The molecule has 1 rings (SSSR count). The molecular weight excluding hydrogens is 231 g/mol. The summed E-state index contributed by atoms with van der Waals surface area (Å²) in [7, 11) is 0. The molecular formula is C11H10ClFN2O. The third kappa shape index (κ3) is 2.37. The number of rotatable bonds is 4. The third-order valence-electron chi connectivity index (χ3n) is 2.49. The smallest absolute Gasteiger partial charge is 0.128 e. The van der Waals surface area contributed by atoms with Crippen LogP contribution in [-0.2, 0) is 5.41 Å². The molecule has 0 saturated carbocycles. The van der Waals surface area contributed by atoms with Crippen molar-refractivity contribution in [2.75, 3.05) is 5.88 Å². The minimum Gasteiger partial charge on any atom is -0.207 e. The fourth-order valence-electron chi connectivity index (χ4n) is 1.43. The second-order valence-electron chi connectivity index (χ2n) is 3.64. The Morgan fingerprint density at radius 2 is 2.31 bits per heavy atom. The van der Waals surface area contributed by atoms with Crippen LogP contribution in [-0.4, -0.2) is 5.88 Å². The van der Waals surface area contributed by atoms with E-state index in [2.05, 4.69) is 5.18 Å². The number of alkyl halides is 1. The monoisotopic (exact) mass is 240 g/mol. The first-order chi connectivity index (χ1) is 7.57. The van der Waals surface area contributed by atoms with Gasteiger partial charge in [-0.2, -0.15) is 5.26 Å². The lowest BCUT2D eigenvalue weighted by Gasteiger charge is -2.21. The second-order valence-corrected chi connectivity index (χ2v) is 4.02. The Labute approximate surface area is 97.8 Å². The number of nitriles is 1. The van der Waals surface area contributed by atoms with Crippen LogP contribution < -0.4 is 0 Å². The lowest BCUT2D eigenvalue weighted by atomic mass is 9.81. The molecule has 0 fully saturated rings. The zero-order chi connectivity index (χ0) is 12.2. The predicted octanol–water partition coefficient (Wildman–Crippen LogP) is 3.63. The topological polar surface area (TPSA) is 53.2 Å². The van der Waals surface area contributed by atoms with E-state index >= 15 is 0 Å². The quantitative estimate of drug-likeness (QED) is 0.596. The van der Waals surface area contributed by atoms with Gasteiger partial charge >= 0.3 is 0 Å². The van der Waals surface area contributed by atoms with E-state index in [-0.39, 0.29) is 17.1 Å². The van der Waals surface area contributed by atoms with Gasteiger partial charge in [0.25, 0.3) is 0 Å². The molecule has 0 aliphatic rings. The van der Waals surface area contributed by atoms with Gasteiger partial charge < -0.3 is 0 Å². The largest absolute Gasteiger partial charge is 0.207 e. The summed E-state index contributed by atoms with van der Waals surface area (Å²) < 4.78 is 13.6. The van der Waals surface area contributed by atoms with Crippen molar-refractivity contribution in [2.24, 2.45) is 5.18 Å². The molecule has 0 aliphatic heterocycles. The van der Waals surface area contributed by atoms with E-state index in [0.717, 1.165) is 6.07 Å². The lowest BCUT2D eigenvalue weighted by Crippen LogP contribution is -2.21. The van der Waals surface area contributed by atoms with Crippen molar-refractivity contribution in [1.29, 1.82) is 5.26 Å².